The van der Waals surface area contributed by atoms with Crippen molar-refractivity contribution in [3.63, 3.8) is 0 Å². The third kappa shape index (κ3) is 4.68. The average molecular weight is 289 g/mol. The molecule has 0 aliphatic rings. The topological polar surface area (TPSA) is 103 Å². The molecule has 0 radical (unpaired) electrons. The van der Waals surface area contributed by atoms with E-state index in [0.29, 0.717) is 25.9 Å². The number of pyridine rings is 1. The van der Waals surface area contributed by atoms with Gasteiger partial charge in [-0.1, -0.05) is 0 Å². The first kappa shape index (κ1) is 14.6. The number of carbonyl (C=O) groups is 1. The maximum atomic E-state index is 11.7. The highest BCUT2D eigenvalue weighted by Gasteiger charge is 2.08. The van der Waals surface area contributed by atoms with Crippen LogP contribution in [0.2, 0.25) is 0 Å². The van der Waals surface area contributed by atoms with Crippen LogP contribution >= 0.6 is 0 Å². The largest absolute Gasteiger partial charge is 0.352 e. The van der Waals surface area contributed by atoms with Crippen molar-refractivity contribution in [2.24, 2.45) is 0 Å². The molecule has 2 heterocycles. The van der Waals surface area contributed by atoms with Crippen molar-refractivity contribution in [2.45, 2.75) is 25.9 Å². The first-order valence-electron chi connectivity index (χ1n) is 6.47. The van der Waals surface area contributed by atoms with E-state index in [1.54, 1.807) is 12.4 Å². The molecule has 0 unspecified atom stereocenters. The Hall–Kier alpha value is -2.77. The number of hydrogen-bond acceptors (Lipinski definition) is 5. The Kier molecular flexibility index (Phi) is 4.97. The molecule has 1 N–H and O–H groups in total. The molecule has 0 aliphatic heterocycles. The zero-order valence-corrected chi connectivity index (χ0v) is 11.3. The van der Waals surface area contributed by atoms with Crippen LogP contribution in [0.5, 0.6) is 0 Å². The van der Waals surface area contributed by atoms with Crippen LogP contribution < -0.4 is 5.32 Å². The van der Waals surface area contributed by atoms with Gasteiger partial charge in [0.25, 0.3) is 0 Å². The number of nitro groups is 1. The second kappa shape index (κ2) is 7.13. The van der Waals surface area contributed by atoms with E-state index in [0.717, 1.165) is 5.56 Å². The van der Waals surface area contributed by atoms with Crippen molar-refractivity contribution in [1.82, 2.24) is 20.1 Å². The molecule has 0 atom stereocenters. The van der Waals surface area contributed by atoms with Crippen molar-refractivity contribution in [3.8, 4) is 0 Å². The molecule has 1 amide bonds. The minimum atomic E-state index is -0.495. The maximum absolute atomic E-state index is 11.7. The smallest absolute Gasteiger partial charge is 0.306 e. The van der Waals surface area contributed by atoms with Gasteiger partial charge in [0.1, 0.15) is 12.4 Å². The predicted octanol–water partition coefficient (Wildman–Crippen LogP) is 1.28. The van der Waals surface area contributed by atoms with Gasteiger partial charge in [-0.3, -0.25) is 24.6 Å². The fourth-order valence-corrected chi connectivity index (χ4v) is 1.76. The third-order valence-electron chi connectivity index (χ3n) is 2.86. The Morgan fingerprint density at radius 1 is 1.38 bits per heavy atom. The van der Waals surface area contributed by atoms with Gasteiger partial charge in [-0.05, 0) is 24.1 Å². The Balaban J connectivity index is 1.68. The summed E-state index contributed by atoms with van der Waals surface area (Å²) in [5, 5.41) is 17.2. The fourth-order valence-electron chi connectivity index (χ4n) is 1.76. The summed E-state index contributed by atoms with van der Waals surface area (Å²) in [6, 6.07) is 3.67. The molecule has 2 aromatic rings. The summed E-state index contributed by atoms with van der Waals surface area (Å²) in [4.78, 5) is 25.6. The van der Waals surface area contributed by atoms with Gasteiger partial charge < -0.3 is 5.32 Å². The van der Waals surface area contributed by atoms with E-state index in [1.165, 1.54) is 17.1 Å². The van der Waals surface area contributed by atoms with Crippen molar-refractivity contribution in [2.75, 3.05) is 0 Å². The normalized spacial score (nSPS) is 10.3. The molecule has 2 rings (SSSR count). The van der Waals surface area contributed by atoms with Crippen LogP contribution in [0.4, 0.5) is 5.69 Å². The summed E-state index contributed by atoms with van der Waals surface area (Å²) in [5.74, 6) is -0.0616. The van der Waals surface area contributed by atoms with Crippen LogP contribution in [-0.2, 0) is 17.9 Å². The van der Waals surface area contributed by atoms with E-state index in [1.807, 2.05) is 12.1 Å². The van der Waals surface area contributed by atoms with Gasteiger partial charge in [0.05, 0.1) is 4.92 Å². The zero-order valence-electron chi connectivity index (χ0n) is 11.3. The second-order valence-corrected chi connectivity index (χ2v) is 4.45. The SMILES string of the molecule is O=C(CCCn1cc([N+](=O)[O-])cn1)NCc1ccncc1. The van der Waals surface area contributed by atoms with E-state index in [4.69, 9.17) is 0 Å². The molecule has 21 heavy (non-hydrogen) atoms. The van der Waals surface area contributed by atoms with E-state index < -0.39 is 4.92 Å². The molecule has 110 valence electrons. The molecule has 0 spiro atoms. The lowest BCUT2D eigenvalue weighted by molar-refractivity contribution is -0.385. The van der Waals surface area contributed by atoms with E-state index in [2.05, 4.69) is 15.4 Å². The zero-order chi connectivity index (χ0) is 15.1. The molecule has 8 heteroatoms. The lowest BCUT2D eigenvalue weighted by Gasteiger charge is -2.05. The summed E-state index contributed by atoms with van der Waals surface area (Å²) < 4.78 is 1.47. The van der Waals surface area contributed by atoms with Gasteiger partial charge in [-0.2, -0.15) is 5.10 Å². The van der Waals surface area contributed by atoms with Gasteiger partial charge in [0.2, 0.25) is 5.91 Å². The quantitative estimate of drug-likeness (QED) is 0.611. The van der Waals surface area contributed by atoms with Gasteiger partial charge in [-0.25, -0.2) is 0 Å². The molecule has 0 aliphatic carbocycles. The molecule has 0 aromatic carbocycles. The molecule has 0 bridgehead atoms. The summed E-state index contributed by atoms with van der Waals surface area (Å²) >= 11 is 0. The van der Waals surface area contributed by atoms with Gasteiger partial charge >= 0.3 is 5.69 Å². The monoisotopic (exact) mass is 289 g/mol. The standard InChI is InChI=1S/C13H15N5O3/c19-13(15-8-11-3-5-14-6-4-11)2-1-7-17-10-12(9-16-17)18(20)21/h3-6,9-10H,1-2,7-8H2,(H,15,19). The molecule has 8 nitrogen and oxygen atoms in total. The Labute approximate surface area is 121 Å². The minimum Gasteiger partial charge on any atom is -0.352 e. The summed E-state index contributed by atoms with van der Waals surface area (Å²) in [5.41, 5.74) is 0.943. The highest BCUT2D eigenvalue weighted by Crippen LogP contribution is 2.08. The summed E-state index contributed by atoms with van der Waals surface area (Å²) in [6.07, 6.45) is 6.82. The van der Waals surface area contributed by atoms with Crippen LogP contribution in [0.25, 0.3) is 0 Å². The highest BCUT2D eigenvalue weighted by molar-refractivity contribution is 5.75. The molecule has 0 saturated heterocycles. The fraction of sp³-hybridized carbons (Fsp3) is 0.308. The summed E-state index contributed by atoms with van der Waals surface area (Å²) in [7, 11) is 0. The number of rotatable bonds is 7. The van der Waals surface area contributed by atoms with Crippen molar-refractivity contribution in [1.29, 1.82) is 0 Å². The van der Waals surface area contributed by atoms with Crippen LogP contribution in [0.1, 0.15) is 18.4 Å². The Morgan fingerprint density at radius 2 is 2.14 bits per heavy atom. The first-order chi connectivity index (χ1) is 10.1. The van der Waals surface area contributed by atoms with Crippen LogP contribution in [-0.4, -0.2) is 25.6 Å². The number of aryl methyl sites for hydroxylation is 1. The van der Waals surface area contributed by atoms with E-state index >= 15 is 0 Å². The number of amides is 1. The Morgan fingerprint density at radius 3 is 2.81 bits per heavy atom. The molecular formula is C13H15N5O3. The van der Waals surface area contributed by atoms with Crippen LogP contribution in [0, 0.1) is 10.1 Å². The molecule has 2 aromatic heterocycles. The Bertz CT molecular complexity index is 611. The van der Waals surface area contributed by atoms with Crippen molar-refractivity contribution >= 4 is 11.6 Å². The van der Waals surface area contributed by atoms with Crippen LogP contribution in [0.15, 0.2) is 36.9 Å². The van der Waals surface area contributed by atoms with Gasteiger partial charge in [-0.15, -0.1) is 0 Å². The number of hydrogen-bond donors (Lipinski definition) is 1. The number of nitrogens with one attached hydrogen (secondary N) is 1. The summed E-state index contributed by atoms with van der Waals surface area (Å²) in [6.45, 7) is 0.936. The maximum Gasteiger partial charge on any atom is 0.306 e. The number of nitrogens with zero attached hydrogens (tertiary/aromatic N) is 4. The van der Waals surface area contributed by atoms with Crippen molar-refractivity contribution < 1.29 is 9.72 Å². The van der Waals surface area contributed by atoms with E-state index in [9.17, 15) is 14.9 Å². The first-order valence-corrected chi connectivity index (χ1v) is 6.47. The lowest BCUT2D eigenvalue weighted by Crippen LogP contribution is -2.22. The number of carbonyl (C=O) groups excluding carboxylic acids is 1. The highest BCUT2D eigenvalue weighted by atomic mass is 16.6. The average Bonchev–Trinajstić information content (AvgIpc) is 2.95. The predicted molar refractivity (Wildman–Crippen MR) is 74.2 cm³/mol. The molecular weight excluding hydrogens is 274 g/mol. The van der Waals surface area contributed by atoms with Crippen molar-refractivity contribution in [3.05, 3.63) is 52.6 Å². The van der Waals surface area contributed by atoms with Gasteiger partial charge in [0, 0.05) is 31.9 Å². The van der Waals surface area contributed by atoms with Gasteiger partial charge in [0.15, 0.2) is 0 Å². The molecule has 0 fully saturated rings. The molecule has 0 saturated carbocycles. The number of aromatic nitrogens is 3. The lowest BCUT2D eigenvalue weighted by atomic mass is 10.2. The minimum absolute atomic E-state index is 0.0443. The van der Waals surface area contributed by atoms with E-state index in [-0.39, 0.29) is 11.6 Å². The van der Waals surface area contributed by atoms with Crippen LogP contribution in [0.3, 0.4) is 0 Å². The third-order valence-corrected chi connectivity index (χ3v) is 2.86. The second-order valence-electron chi connectivity index (χ2n) is 4.45.